The van der Waals surface area contributed by atoms with Crippen molar-refractivity contribution in [3.8, 4) is 21.8 Å². The number of aryl methyl sites for hydroxylation is 1. The number of carboxylic acid groups (broad SMARTS) is 1. The largest absolute Gasteiger partial charge is 0.480 e. The Bertz CT molecular complexity index is 1910. The van der Waals surface area contributed by atoms with Gasteiger partial charge in [-0.1, -0.05) is 13.8 Å². The van der Waals surface area contributed by atoms with Crippen LogP contribution in [0.25, 0.3) is 32.7 Å². The highest BCUT2D eigenvalue weighted by Gasteiger charge is 2.34. The van der Waals surface area contributed by atoms with E-state index in [1.54, 1.807) is 34.1 Å². The van der Waals surface area contributed by atoms with Crippen LogP contribution in [0.15, 0.2) is 41.9 Å². The maximum absolute atomic E-state index is 13.8. The number of rotatable bonds is 13. The average Bonchev–Trinajstić information content (AvgIpc) is 3.69. The minimum Gasteiger partial charge on any atom is -0.480 e. The van der Waals surface area contributed by atoms with Gasteiger partial charge in [0.2, 0.25) is 0 Å². The molecule has 5 rings (SSSR count). The summed E-state index contributed by atoms with van der Waals surface area (Å²) in [6.45, 7) is 12.8. The number of methoxy groups -OCH3 is 1. The third-order valence-corrected chi connectivity index (χ3v) is 9.89. The summed E-state index contributed by atoms with van der Waals surface area (Å²) in [5.41, 5.74) is 8.10. The van der Waals surface area contributed by atoms with Gasteiger partial charge in [-0.25, -0.2) is 15.2 Å². The molecule has 4 heterocycles. The number of alkyl carbamates (subject to hydrolysis) is 1. The Morgan fingerprint density at radius 1 is 1.17 bits per heavy atom. The number of ether oxygens (including phenoxy) is 2. The standard InChI is InChI=1S/C38H50N6O7S/c1-8-43-31-14-13-23(17-26(31)27(19-38(5,6)22-45)32(43)25-11-9-15-39-30(25)20-50-7)33-40-24(21-52-33)18-29(41-36(49)51-37(2,3)4)34(46)44-16-10-12-28(42-44)35(47)48/h9,11,13-15,17,21,28-29,42,45H,8,10,12,16,18-20,22H2,1-7H3,(H,41,49)(H,47,48)/t28-,29?/m0/s1. The van der Waals surface area contributed by atoms with Crippen molar-refractivity contribution < 1.29 is 34.1 Å². The first-order valence-corrected chi connectivity index (χ1v) is 18.5. The van der Waals surface area contributed by atoms with E-state index in [-0.39, 0.29) is 13.0 Å². The highest BCUT2D eigenvalue weighted by Crippen LogP contribution is 2.41. The Balaban J connectivity index is 1.52. The second-order valence-corrected chi connectivity index (χ2v) is 15.8. The molecule has 1 unspecified atom stereocenters. The van der Waals surface area contributed by atoms with Gasteiger partial charge < -0.3 is 29.6 Å². The zero-order valence-electron chi connectivity index (χ0n) is 31.0. The number of thiazole rings is 1. The zero-order chi connectivity index (χ0) is 37.8. The van der Waals surface area contributed by atoms with Gasteiger partial charge in [0.1, 0.15) is 22.7 Å². The number of aromatic nitrogens is 3. The van der Waals surface area contributed by atoms with Gasteiger partial charge in [-0.2, -0.15) is 0 Å². The molecule has 4 N–H and O–H groups in total. The van der Waals surface area contributed by atoms with Crippen molar-refractivity contribution in [2.45, 2.75) is 98.1 Å². The quantitative estimate of drug-likeness (QED) is 0.136. The number of aliphatic hydroxyl groups excluding tert-OH is 1. The summed E-state index contributed by atoms with van der Waals surface area (Å²) in [5, 5.41) is 27.5. The van der Waals surface area contributed by atoms with Crippen molar-refractivity contribution in [3.05, 3.63) is 58.9 Å². The number of aliphatic carboxylic acids is 1. The van der Waals surface area contributed by atoms with Crippen LogP contribution >= 0.6 is 11.3 Å². The molecular formula is C38H50N6O7S. The van der Waals surface area contributed by atoms with Gasteiger partial charge in [0.05, 0.1) is 23.7 Å². The van der Waals surface area contributed by atoms with E-state index >= 15 is 0 Å². The van der Waals surface area contributed by atoms with Crippen molar-refractivity contribution in [1.29, 1.82) is 0 Å². The Morgan fingerprint density at radius 2 is 1.94 bits per heavy atom. The van der Waals surface area contributed by atoms with Crippen LogP contribution in [0.2, 0.25) is 0 Å². The highest BCUT2D eigenvalue weighted by molar-refractivity contribution is 7.13. The van der Waals surface area contributed by atoms with E-state index in [0.29, 0.717) is 44.7 Å². The van der Waals surface area contributed by atoms with Gasteiger partial charge in [-0.05, 0) is 88.3 Å². The molecule has 1 aliphatic heterocycles. The molecule has 1 aromatic carbocycles. The first kappa shape index (κ1) is 38.9. The van der Waals surface area contributed by atoms with Crippen LogP contribution in [-0.4, -0.2) is 85.7 Å². The van der Waals surface area contributed by atoms with Crippen molar-refractivity contribution in [2.75, 3.05) is 20.3 Å². The first-order valence-electron chi connectivity index (χ1n) is 17.6. The third kappa shape index (κ3) is 8.98. The lowest BCUT2D eigenvalue weighted by atomic mass is 9.84. The molecule has 0 bridgehead atoms. The molecular weight excluding hydrogens is 685 g/mol. The maximum atomic E-state index is 13.8. The highest BCUT2D eigenvalue weighted by atomic mass is 32.1. The Morgan fingerprint density at radius 3 is 2.62 bits per heavy atom. The van der Waals surface area contributed by atoms with E-state index in [0.717, 1.165) is 44.0 Å². The summed E-state index contributed by atoms with van der Waals surface area (Å²) in [5.74, 6) is -1.52. The normalized spacial score (nSPS) is 15.8. The summed E-state index contributed by atoms with van der Waals surface area (Å²) in [4.78, 5) is 47.9. The molecule has 3 aromatic heterocycles. The van der Waals surface area contributed by atoms with Gasteiger partial charge in [0, 0.05) is 66.8 Å². The molecule has 280 valence electrons. The lowest BCUT2D eigenvalue weighted by Gasteiger charge is -2.34. The predicted octanol–water partition coefficient (Wildman–Crippen LogP) is 5.57. The minimum atomic E-state index is -1.05. The summed E-state index contributed by atoms with van der Waals surface area (Å²) in [6.07, 6.45) is 2.60. The zero-order valence-corrected chi connectivity index (χ0v) is 31.8. The van der Waals surface area contributed by atoms with E-state index in [9.17, 15) is 24.6 Å². The van der Waals surface area contributed by atoms with E-state index in [1.165, 1.54) is 16.3 Å². The van der Waals surface area contributed by atoms with Crippen LogP contribution in [0.5, 0.6) is 0 Å². The van der Waals surface area contributed by atoms with E-state index in [2.05, 4.69) is 45.4 Å². The number of hydrazine groups is 1. The first-order chi connectivity index (χ1) is 24.6. The number of benzene rings is 1. The molecule has 0 spiro atoms. The van der Waals surface area contributed by atoms with Crippen molar-refractivity contribution in [2.24, 2.45) is 5.41 Å². The van der Waals surface area contributed by atoms with Gasteiger partial charge in [-0.3, -0.25) is 19.6 Å². The molecule has 1 fully saturated rings. The Kier molecular flexibility index (Phi) is 12.0. The number of nitrogens with zero attached hydrogens (tertiary/aromatic N) is 4. The molecule has 0 saturated carbocycles. The topological polar surface area (TPSA) is 168 Å². The van der Waals surface area contributed by atoms with Gasteiger partial charge in [0.25, 0.3) is 5.91 Å². The lowest BCUT2D eigenvalue weighted by Crippen LogP contribution is -2.60. The summed E-state index contributed by atoms with van der Waals surface area (Å²) >= 11 is 1.43. The number of amides is 2. The summed E-state index contributed by atoms with van der Waals surface area (Å²) in [7, 11) is 1.66. The van der Waals surface area contributed by atoms with Crippen LogP contribution < -0.4 is 10.7 Å². The minimum absolute atomic E-state index is 0.0138. The summed E-state index contributed by atoms with van der Waals surface area (Å²) in [6, 6.07) is 8.30. The van der Waals surface area contributed by atoms with Crippen molar-refractivity contribution in [3.63, 3.8) is 0 Å². The summed E-state index contributed by atoms with van der Waals surface area (Å²) < 4.78 is 13.3. The fourth-order valence-electron chi connectivity index (χ4n) is 6.52. The molecule has 13 nitrogen and oxygen atoms in total. The van der Waals surface area contributed by atoms with Crippen molar-refractivity contribution in [1.82, 2.24) is 30.3 Å². The second kappa shape index (κ2) is 16.1. The van der Waals surface area contributed by atoms with Crippen LogP contribution in [-0.2, 0) is 45.1 Å². The number of fused-ring (bicyclic) bond motifs is 1. The lowest BCUT2D eigenvalue weighted by molar-refractivity contribution is -0.147. The molecule has 1 saturated heterocycles. The number of aliphatic hydroxyl groups is 1. The molecule has 14 heteroatoms. The number of pyridine rings is 1. The maximum Gasteiger partial charge on any atom is 0.408 e. The van der Waals surface area contributed by atoms with Crippen LogP contribution in [0.4, 0.5) is 4.79 Å². The van der Waals surface area contributed by atoms with Gasteiger partial charge in [0.15, 0.2) is 0 Å². The molecule has 2 amide bonds. The number of carbonyl (C=O) groups is 3. The molecule has 4 aromatic rings. The van der Waals surface area contributed by atoms with Gasteiger partial charge in [-0.15, -0.1) is 11.3 Å². The monoisotopic (exact) mass is 734 g/mol. The van der Waals surface area contributed by atoms with Crippen LogP contribution in [0.3, 0.4) is 0 Å². The van der Waals surface area contributed by atoms with E-state index in [1.807, 2.05) is 31.4 Å². The molecule has 0 radical (unpaired) electrons. The number of carboxylic acids is 1. The fraction of sp³-hybridized carbons (Fsp3) is 0.500. The average molecular weight is 735 g/mol. The van der Waals surface area contributed by atoms with Crippen LogP contribution in [0.1, 0.15) is 71.3 Å². The van der Waals surface area contributed by atoms with E-state index < -0.39 is 41.1 Å². The number of hydrogen-bond donors (Lipinski definition) is 4. The van der Waals surface area contributed by atoms with Gasteiger partial charge >= 0.3 is 12.1 Å². The number of carbonyl (C=O) groups excluding carboxylic acids is 2. The molecule has 0 aliphatic carbocycles. The van der Waals surface area contributed by atoms with Crippen molar-refractivity contribution >= 4 is 40.2 Å². The Hall–Kier alpha value is -4.37. The number of nitrogens with one attached hydrogen (secondary N) is 2. The fourth-order valence-corrected chi connectivity index (χ4v) is 7.35. The second-order valence-electron chi connectivity index (χ2n) is 14.9. The molecule has 52 heavy (non-hydrogen) atoms. The molecule has 2 atom stereocenters. The Labute approximate surface area is 308 Å². The smallest absolute Gasteiger partial charge is 0.408 e. The molecule has 1 aliphatic rings. The third-order valence-electron chi connectivity index (χ3n) is 8.95. The SMILES string of the molecule is CCn1c(-c2cccnc2COC)c(CC(C)(C)CO)c2cc(-c3nc(CC(NC(=O)OC(C)(C)C)C(=O)N4CCC[C@@H](C(=O)O)N4)cs3)ccc21. The van der Waals surface area contributed by atoms with E-state index in [4.69, 9.17) is 14.5 Å². The predicted molar refractivity (Wildman–Crippen MR) is 200 cm³/mol. The van der Waals surface area contributed by atoms with Crippen LogP contribution in [0, 0.1) is 5.41 Å². The number of hydrogen-bond acceptors (Lipinski definition) is 10.